The highest BCUT2D eigenvalue weighted by molar-refractivity contribution is 6.26. The second-order valence-electron chi connectivity index (χ2n) is 7.91. The third-order valence-corrected chi connectivity index (χ3v) is 5.11. The molecule has 172 valence electrons. The van der Waals surface area contributed by atoms with Gasteiger partial charge in [0.15, 0.2) is 11.5 Å². The van der Waals surface area contributed by atoms with Gasteiger partial charge in [-0.05, 0) is 23.5 Å². The van der Waals surface area contributed by atoms with Crippen LogP contribution in [0.2, 0.25) is 0 Å². The topological polar surface area (TPSA) is 90.9 Å². The number of benzene rings is 2. The second-order valence-corrected chi connectivity index (χ2v) is 7.91. The third kappa shape index (κ3) is 5.31. The van der Waals surface area contributed by atoms with E-state index in [-0.39, 0.29) is 28.6 Å². The molecule has 7 nitrogen and oxygen atoms in total. The lowest BCUT2D eigenvalue weighted by Crippen LogP contribution is -2.43. The Morgan fingerprint density at radius 1 is 0.970 bits per heavy atom. The Hall–Kier alpha value is -3.87. The minimum absolute atomic E-state index is 0.00165. The van der Waals surface area contributed by atoms with E-state index >= 15 is 0 Å². The average molecular weight is 450 g/mol. The van der Waals surface area contributed by atoms with Crippen molar-refractivity contribution in [3.8, 4) is 0 Å². The van der Waals surface area contributed by atoms with Gasteiger partial charge in [0.1, 0.15) is 11.6 Å². The van der Waals surface area contributed by atoms with Crippen LogP contribution in [0.15, 0.2) is 72.2 Å². The molecule has 0 unspecified atom stereocenters. The van der Waals surface area contributed by atoms with Crippen molar-refractivity contribution in [2.45, 2.75) is 26.3 Å². The van der Waals surface area contributed by atoms with Crippen LogP contribution in [0.25, 0.3) is 11.1 Å². The van der Waals surface area contributed by atoms with E-state index in [9.17, 15) is 14.4 Å². The molecule has 1 amide bonds. The maximum atomic E-state index is 13.5. The Balaban J connectivity index is 2.15. The first-order valence-corrected chi connectivity index (χ1v) is 10.6. The number of methoxy groups -OCH3 is 2. The maximum absolute atomic E-state index is 13.5. The summed E-state index contributed by atoms with van der Waals surface area (Å²) in [4.78, 5) is 38.6. The zero-order valence-electron chi connectivity index (χ0n) is 19.1. The van der Waals surface area contributed by atoms with Crippen LogP contribution >= 0.6 is 0 Å². The summed E-state index contributed by atoms with van der Waals surface area (Å²) in [5.74, 6) is -1.47. The lowest BCUT2D eigenvalue weighted by atomic mass is 9.99. The number of rotatable bonds is 8. The summed E-state index contributed by atoms with van der Waals surface area (Å²) < 4.78 is 16.0. The Morgan fingerprint density at radius 3 is 2.12 bits per heavy atom. The van der Waals surface area contributed by atoms with E-state index in [1.165, 1.54) is 14.2 Å². The van der Waals surface area contributed by atoms with Crippen LogP contribution in [0.1, 0.15) is 31.4 Å². The molecular weight excluding hydrogens is 422 g/mol. The van der Waals surface area contributed by atoms with Crippen molar-refractivity contribution in [2.75, 3.05) is 14.2 Å². The summed E-state index contributed by atoms with van der Waals surface area (Å²) in [5, 5.41) is 2.75. The van der Waals surface area contributed by atoms with E-state index in [1.807, 2.05) is 26.0 Å². The van der Waals surface area contributed by atoms with Crippen molar-refractivity contribution in [2.24, 2.45) is 5.92 Å². The van der Waals surface area contributed by atoms with Crippen LogP contribution in [0.3, 0.4) is 0 Å². The second kappa shape index (κ2) is 10.6. The number of carbonyl (C=O) groups is 3. The van der Waals surface area contributed by atoms with Gasteiger partial charge < -0.3 is 19.5 Å². The molecule has 1 heterocycles. The molecule has 0 radical (unpaired) electrons. The molecular formula is C26H27NO6. The standard InChI is InChI=1S/C26H27NO6/c1-16(2)15-19(25(29)32-4)27-24(28)20(17-11-7-5-8-12-17)23-22(31-3)21(26(30)33-23)18-13-9-6-10-14-18/h5-14,16,19H,15H2,1-4H3,(H,27,28)/b23-20+/t19-/m0/s1. The van der Waals surface area contributed by atoms with Gasteiger partial charge in [-0.3, -0.25) is 4.79 Å². The lowest BCUT2D eigenvalue weighted by molar-refractivity contribution is -0.145. The number of cyclic esters (lactones) is 1. The summed E-state index contributed by atoms with van der Waals surface area (Å²) in [5.41, 5.74) is 1.43. The molecule has 33 heavy (non-hydrogen) atoms. The van der Waals surface area contributed by atoms with Gasteiger partial charge in [0.25, 0.3) is 5.91 Å². The zero-order valence-corrected chi connectivity index (χ0v) is 19.1. The number of ether oxygens (including phenoxy) is 3. The van der Waals surface area contributed by atoms with Crippen LogP contribution in [-0.2, 0) is 28.6 Å². The zero-order chi connectivity index (χ0) is 24.0. The van der Waals surface area contributed by atoms with E-state index < -0.39 is 23.9 Å². The summed E-state index contributed by atoms with van der Waals surface area (Å²) in [6, 6.07) is 16.9. The van der Waals surface area contributed by atoms with Crippen molar-refractivity contribution in [3.63, 3.8) is 0 Å². The fraction of sp³-hybridized carbons (Fsp3) is 0.269. The summed E-state index contributed by atoms with van der Waals surface area (Å²) >= 11 is 0. The van der Waals surface area contributed by atoms with E-state index in [4.69, 9.17) is 14.2 Å². The molecule has 3 rings (SSSR count). The Bertz CT molecular complexity index is 1090. The first kappa shape index (κ1) is 23.8. The number of amides is 1. The number of carbonyl (C=O) groups excluding carboxylic acids is 3. The Morgan fingerprint density at radius 2 is 1.58 bits per heavy atom. The first-order chi connectivity index (χ1) is 15.9. The van der Waals surface area contributed by atoms with E-state index in [1.54, 1.807) is 48.5 Å². The smallest absolute Gasteiger partial charge is 0.348 e. The highest BCUT2D eigenvalue weighted by Crippen LogP contribution is 2.38. The lowest BCUT2D eigenvalue weighted by Gasteiger charge is -2.20. The molecule has 0 saturated heterocycles. The van der Waals surface area contributed by atoms with E-state index in [0.29, 0.717) is 17.5 Å². The van der Waals surface area contributed by atoms with Gasteiger partial charge >= 0.3 is 11.9 Å². The minimum Gasteiger partial charge on any atom is -0.492 e. The monoisotopic (exact) mass is 449 g/mol. The van der Waals surface area contributed by atoms with Gasteiger partial charge in [0, 0.05) is 0 Å². The fourth-order valence-electron chi connectivity index (χ4n) is 3.64. The van der Waals surface area contributed by atoms with Gasteiger partial charge in [-0.2, -0.15) is 0 Å². The number of nitrogens with one attached hydrogen (secondary N) is 1. The Labute approximate surface area is 193 Å². The minimum atomic E-state index is -0.859. The van der Waals surface area contributed by atoms with Crippen molar-refractivity contribution in [1.29, 1.82) is 0 Å². The maximum Gasteiger partial charge on any atom is 0.348 e. The highest BCUT2D eigenvalue weighted by atomic mass is 16.6. The predicted octanol–water partition coefficient (Wildman–Crippen LogP) is 3.72. The summed E-state index contributed by atoms with van der Waals surface area (Å²) in [7, 11) is 2.69. The quantitative estimate of drug-likeness (QED) is 0.488. The first-order valence-electron chi connectivity index (χ1n) is 10.6. The molecule has 2 aromatic rings. The van der Waals surface area contributed by atoms with Crippen LogP contribution < -0.4 is 5.32 Å². The molecule has 0 spiro atoms. The molecule has 0 fully saturated rings. The molecule has 1 atom stereocenters. The molecule has 1 aliphatic rings. The number of hydrogen-bond acceptors (Lipinski definition) is 6. The molecule has 7 heteroatoms. The van der Waals surface area contributed by atoms with Crippen molar-refractivity contribution in [3.05, 3.63) is 83.3 Å². The van der Waals surface area contributed by atoms with E-state index in [2.05, 4.69) is 5.32 Å². The third-order valence-electron chi connectivity index (χ3n) is 5.11. The van der Waals surface area contributed by atoms with Crippen molar-refractivity contribution >= 4 is 29.0 Å². The SMILES string of the molecule is COC(=O)[C@H](CC(C)C)NC(=O)/C(=C1/OC(=O)C(c2ccccc2)=C1OC)c1ccccc1. The molecule has 2 aromatic carbocycles. The van der Waals surface area contributed by atoms with Crippen molar-refractivity contribution in [1.82, 2.24) is 5.32 Å². The van der Waals surface area contributed by atoms with Crippen LogP contribution in [0, 0.1) is 5.92 Å². The average Bonchev–Trinajstić information content (AvgIpc) is 3.14. The van der Waals surface area contributed by atoms with E-state index in [0.717, 1.165) is 0 Å². The van der Waals surface area contributed by atoms with Crippen LogP contribution in [0.5, 0.6) is 0 Å². The van der Waals surface area contributed by atoms with Gasteiger partial charge in [-0.1, -0.05) is 74.5 Å². The molecule has 0 saturated carbocycles. The molecule has 0 aliphatic carbocycles. The molecule has 0 bridgehead atoms. The van der Waals surface area contributed by atoms with Crippen LogP contribution in [0.4, 0.5) is 0 Å². The predicted molar refractivity (Wildman–Crippen MR) is 123 cm³/mol. The largest absolute Gasteiger partial charge is 0.492 e. The van der Waals surface area contributed by atoms with Gasteiger partial charge in [0.05, 0.1) is 19.8 Å². The number of hydrogen-bond donors (Lipinski definition) is 1. The van der Waals surface area contributed by atoms with Crippen LogP contribution in [-0.4, -0.2) is 38.1 Å². The number of esters is 2. The van der Waals surface area contributed by atoms with Gasteiger partial charge in [-0.15, -0.1) is 0 Å². The molecule has 1 aliphatic heterocycles. The highest BCUT2D eigenvalue weighted by Gasteiger charge is 2.37. The van der Waals surface area contributed by atoms with Gasteiger partial charge in [-0.25, -0.2) is 9.59 Å². The van der Waals surface area contributed by atoms with Crippen molar-refractivity contribution < 1.29 is 28.6 Å². The summed E-state index contributed by atoms with van der Waals surface area (Å²) in [6.07, 6.45) is 0.387. The molecule has 0 aromatic heterocycles. The molecule has 1 N–H and O–H groups in total. The fourth-order valence-corrected chi connectivity index (χ4v) is 3.64. The Kier molecular flexibility index (Phi) is 7.66. The van der Waals surface area contributed by atoms with Gasteiger partial charge in [0.2, 0.25) is 0 Å². The summed E-state index contributed by atoms with van der Waals surface area (Å²) in [6.45, 7) is 3.88. The normalized spacial score (nSPS) is 15.7.